The van der Waals surface area contributed by atoms with Crippen LogP contribution in [0.2, 0.25) is 0 Å². The summed E-state index contributed by atoms with van der Waals surface area (Å²) in [4.78, 5) is 0. The van der Waals surface area contributed by atoms with Gasteiger partial charge in [-0.2, -0.15) is 0 Å². The maximum Gasteiger partial charge on any atom is 0.0175 e. The first-order valence-electron chi connectivity index (χ1n) is 5.17. The van der Waals surface area contributed by atoms with Crippen molar-refractivity contribution in [2.45, 2.75) is 13.8 Å². The Morgan fingerprint density at radius 3 is 1.67 bits per heavy atom. The smallest absolute Gasteiger partial charge is 0.0175 e. The molecule has 1 heteroatoms. The zero-order valence-electron chi connectivity index (χ0n) is 9.07. The molecule has 78 valence electrons. The van der Waals surface area contributed by atoms with Gasteiger partial charge in [-0.15, -0.1) is 0 Å². The lowest BCUT2D eigenvalue weighted by Crippen LogP contribution is -1.75. The van der Waals surface area contributed by atoms with Crippen LogP contribution in [0.4, 0.5) is 0 Å². The topological polar surface area (TPSA) is 0 Å². The van der Waals surface area contributed by atoms with E-state index in [1.165, 1.54) is 11.1 Å². The van der Waals surface area contributed by atoms with Gasteiger partial charge in [-0.1, -0.05) is 72.2 Å². The molecule has 0 bridgehead atoms. The van der Waals surface area contributed by atoms with Crippen LogP contribution in [0.15, 0.2) is 59.1 Å². The number of hydrogen-bond donors (Lipinski definition) is 0. The van der Waals surface area contributed by atoms with Crippen molar-refractivity contribution >= 4 is 15.9 Å². The zero-order valence-corrected chi connectivity index (χ0v) is 10.7. The van der Waals surface area contributed by atoms with E-state index in [-0.39, 0.29) is 0 Å². The van der Waals surface area contributed by atoms with Gasteiger partial charge >= 0.3 is 0 Å². The van der Waals surface area contributed by atoms with Crippen molar-refractivity contribution in [3.05, 3.63) is 59.1 Å². The van der Waals surface area contributed by atoms with Gasteiger partial charge < -0.3 is 0 Å². The summed E-state index contributed by atoms with van der Waals surface area (Å²) in [5, 5.41) is 0. The van der Waals surface area contributed by atoms with Crippen LogP contribution < -0.4 is 0 Å². The third-order valence-corrected chi connectivity index (χ3v) is 2.48. The van der Waals surface area contributed by atoms with Crippen molar-refractivity contribution in [3.63, 3.8) is 0 Å². The van der Waals surface area contributed by atoms with Gasteiger partial charge in [0.25, 0.3) is 0 Å². The van der Waals surface area contributed by atoms with E-state index in [1.807, 2.05) is 19.9 Å². The summed E-state index contributed by atoms with van der Waals surface area (Å²) in [7, 11) is 0. The molecule has 0 heterocycles. The highest BCUT2D eigenvalue weighted by atomic mass is 79.9. The highest BCUT2D eigenvalue weighted by Crippen LogP contribution is 2.20. The van der Waals surface area contributed by atoms with E-state index >= 15 is 0 Å². The molecule has 2 aromatic carbocycles. The molecule has 0 unspecified atom stereocenters. The van der Waals surface area contributed by atoms with E-state index < -0.39 is 0 Å². The van der Waals surface area contributed by atoms with Crippen molar-refractivity contribution in [2.24, 2.45) is 0 Å². The molecule has 0 amide bonds. The first-order chi connectivity index (χ1) is 7.36. The van der Waals surface area contributed by atoms with Crippen LogP contribution in [0.5, 0.6) is 0 Å². The van der Waals surface area contributed by atoms with E-state index in [1.54, 1.807) is 0 Å². The molecule has 0 aliphatic heterocycles. The minimum atomic E-state index is 1.12. The van der Waals surface area contributed by atoms with Crippen LogP contribution in [0, 0.1) is 0 Å². The van der Waals surface area contributed by atoms with Crippen LogP contribution in [0.25, 0.3) is 11.1 Å². The Kier molecular flexibility index (Phi) is 5.13. The summed E-state index contributed by atoms with van der Waals surface area (Å²) in [6.45, 7) is 4.00. The fourth-order valence-corrected chi connectivity index (χ4v) is 1.54. The summed E-state index contributed by atoms with van der Waals surface area (Å²) in [5.74, 6) is 0. The van der Waals surface area contributed by atoms with Gasteiger partial charge in [0, 0.05) is 4.47 Å². The second kappa shape index (κ2) is 6.41. The average Bonchev–Trinajstić information content (AvgIpc) is 2.34. The molecule has 0 fully saturated rings. The Morgan fingerprint density at radius 2 is 1.13 bits per heavy atom. The van der Waals surface area contributed by atoms with Crippen molar-refractivity contribution in [3.8, 4) is 11.1 Å². The maximum absolute atomic E-state index is 3.42. The van der Waals surface area contributed by atoms with E-state index in [2.05, 4.69) is 64.5 Å². The Labute approximate surface area is 100 Å². The van der Waals surface area contributed by atoms with E-state index in [0.29, 0.717) is 0 Å². The highest BCUT2D eigenvalue weighted by Gasteiger charge is 1.94. The van der Waals surface area contributed by atoms with Crippen LogP contribution in [-0.2, 0) is 0 Å². The maximum atomic E-state index is 3.42. The molecule has 0 spiro atoms. The standard InChI is InChI=1S/C12H9Br.C2H6/c13-12-8-6-11(7-9-12)10-4-2-1-3-5-10;1-2/h1-9H;1-2H3. The normalized spacial score (nSPS) is 9.00. The number of rotatable bonds is 1. The summed E-state index contributed by atoms with van der Waals surface area (Å²) in [6.07, 6.45) is 0. The van der Waals surface area contributed by atoms with Gasteiger partial charge in [-0.25, -0.2) is 0 Å². The SMILES string of the molecule is Brc1ccc(-c2ccccc2)cc1.CC. The van der Waals surface area contributed by atoms with Gasteiger partial charge in [0.1, 0.15) is 0 Å². The lowest BCUT2D eigenvalue weighted by Gasteiger charge is -2.00. The summed E-state index contributed by atoms with van der Waals surface area (Å²) in [5.41, 5.74) is 2.51. The largest absolute Gasteiger partial charge is 0.0683 e. The van der Waals surface area contributed by atoms with Gasteiger partial charge in [0.05, 0.1) is 0 Å². The molecule has 0 N–H and O–H groups in total. The van der Waals surface area contributed by atoms with Crippen molar-refractivity contribution in [1.82, 2.24) is 0 Å². The second-order valence-corrected chi connectivity index (χ2v) is 3.79. The summed E-state index contributed by atoms with van der Waals surface area (Å²) >= 11 is 3.42. The lowest BCUT2D eigenvalue weighted by atomic mass is 10.1. The molecule has 0 aliphatic rings. The minimum absolute atomic E-state index is 1.12. The highest BCUT2D eigenvalue weighted by molar-refractivity contribution is 9.10. The van der Waals surface area contributed by atoms with Crippen molar-refractivity contribution in [2.75, 3.05) is 0 Å². The van der Waals surface area contributed by atoms with E-state index in [0.717, 1.165) is 4.47 Å². The molecule has 0 aromatic heterocycles. The van der Waals surface area contributed by atoms with Gasteiger partial charge in [0.2, 0.25) is 0 Å². The lowest BCUT2D eigenvalue weighted by molar-refractivity contribution is 1.50. The average molecular weight is 263 g/mol. The van der Waals surface area contributed by atoms with E-state index in [4.69, 9.17) is 0 Å². The first-order valence-corrected chi connectivity index (χ1v) is 5.96. The molecule has 0 saturated carbocycles. The Morgan fingerprint density at radius 1 is 0.667 bits per heavy atom. The molecule has 0 saturated heterocycles. The fourth-order valence-electron chi connectivity index (χ4n) is 1.27. The van der Waals surface area contributed by atoms with Crippen LogP contribution in [-0.4, -0.2) is 0 Å². The minimum Gasteiger partial charge on any atom is -0.0683 e. The van der Waals surface area contributed by atoms with E-state index in [9.17, 15) is 0 Å². The Balaban J connectivity index is 0.000000531. The van der Waals surface area contributed by atoms with Crippen LogP contribution in [0.1, 0.15) is 13.8 Å². The monoisotopic (exact) mass is 262 g/mol. The number of benzene rings is 2. The Hall–Kier alpha value is -1.08. The van der Waals surface area contributed by atoms with Crippen LogP contribution in [0.3, 0.4) is 0 Å². The van der Waals surface area contributed by atoms with Crippen LogP contribution >= 0.6 is 15.9 Å². The molecular weight excluding hydrogens is 248 g/mol. The summed E-state index contributed by atoms with van der Waals surface area (Å²) in [6, 6.07) is 18.7. The molecule has 2 rings (SSSR count). The molecule has 0 radical (unpaired) electrons. The number of hydrogen-bond acceptors (Lipinski definition) is 0. The third-order valence-electron chi connectivity index (χ3n) is 1.95. The molecule has 15 heavy (non-hydrogen) atoms. The molecule has 0 atom stereocenters. The van der Waals surface area contributed by atoms with Crippen molar-refractivity contribution < 1.29 is 0 Å². The van der Waals surface area contributed by atoms with Gasteiger partial charge in [-0.3, -0.25) is 0 Å². The first kappa shape index (κ1) is 12.0. The predicted molar refractivity (Wildman–Crippen MR) is 70.9 cm³/mol. The van der Waals surface area contributed by atoms with Crippen molar-refractivity contribution in [1.29, 1.82) is 0 Å². The molecular formula is C14H15Br. The second-order valence-electron chi connectivity index (χ2n) is 2.87. The van der Waals surface area contributed by atoms with Gasteiger partial charge in [0.15, 0.2) is 0 Å². The summed E-state index contributed by atoms with van der Waals surface area (Å²) < 4.78 is 1.12. The molecule has 2 aromatic rings. The Bertz CT molecular complexity index is 376. The quantitative estimate of drug-likeness (QED) is 0.668. The molecule has 0 aliphatic carbocycles. The fraction of sp³-hybridized carbons (Fsp3) is 0.143. The predicted octanol–water partition coefficient (Wildman–Crippen LogP) is 5.14. The third kappa shape index (κ3) is 3.52. The number of halogens is 1. The zero-order chi connectivity index (χ0) is 11.1. The molecule has 0 nitrogen and oxygen atoms in total. The van der Waals surface area contributed by atoms with Gasteiger partial charge in [-0.05, 0) is 23.3 Å².